The fourth-order valence-electron chi connectivity index (χ4n) is 6.89. The summed E-state index contributed by atoms with van der Waals surface area (Å²) in [5.74, 6) is -70.7. The van der Waals surface area contributed by atoms with Crippen molar-refractivity contribution in [2.75, 3.05) is 0 Å². The summed E-state index contributed by atoms with van der Waals surface area (Å²) in [4.78, 5) is 12.1. The summed E-state index contributed by atoms with van der Waals surface area (Å²) in [5, 5.41) is 0. The van der Waals surface area contributed by atoms with Gasteiger partial charge in [-0.1, -0.05) is 44.2 Å². The molecule has 0 spiro atoms. The normalized spacial score (nSPS) is 12.0. The van der Waals surface area contributed by atoms with Gasteiger partial charge in [0.25, 0.3) is 0 Å². The molecule has 6 rings (SSSR count). The number of hydrogen-bond acceptors (Lipinski definition) is 1. The molecule has 0 saturated carbocycles. The number of ketones is 1. The van der Waals surface area contributed by atoms with Crippen molar-refractivity contribution in [2.24, 2.45) is 0 Å². The standard InChI is InChI=1S/C24BF20.C17H20NO/c26-5-1(6(27)14(35)21(42)13(5)34)25(2-7(28)15(36)22(43)16(37)8(2)29,3-9(30)17(38)23(44)18(39)10(3)31)4-11(32)19(40)24(45)20(41)12(4)33;1-3-14(2)15-9-11-18(12-10-15)13-17(19)16-7-5-4-6-8-16/h;4-12,14H,3,13H2,1-2H3/q-1;+1. The highest BCUT2D eigenvalue weighted by atomic mass is 19.2. The number of pyridine rings is 1. The zero-order valence-electron chi connectivity index (χ0n) is 31.7. The van der Waals surface area contributed by atoms with Crippen LogP contribution in [0.2, 0.25) is 0 Å². The van der Waals surface area contributed by atoms with Gasteiger partial charge in [-0.15, -0.1) is 21.9 Å². The maximum atomic E-state index is 15.4. The fourth-order valence-corrected chi connectivity index (χ4v) is 6.89. The molecule has 338 valence electrons. The minimum atomic E-state index is -7.22. The predicted octanol–water partition coefficient (Wildman–Crippen LogP) is 9.22. The van der Waals surface area contributed by atoms with Gasteiger partial charge in [-0.25, -0.2) is 87.8 Å². The molecule has 5 aromatic carbocycles. The summed E-state index contributed by atoms with van der Waals surface area (Å²) in [7, 11) is 0. The van der Waals surface area contributed by atoms with Gasteiger partial charge in [0, 0.05) is 17.7 Å². The number of hydrogen-bond donors (Lipinski definition) is 0. The van der Waals surface area contributed by atoms with Crippen molar-refractivity contribution in [3.05, 3.63) is 182 Å². The average molecular weight is 933 g/mol. The van der Waals surface area contributed by atoms with E-state index in [1.807, 2.05) is 47.3 Å². The SMILES string of the molecule is CCC(C)c1cc[n+](CC(=O)c2ccccc2)cc1.Fc1c(F)c(F)c([B-](c2c(F)c(F)c(F)c(F)c2F)(c2c(F)c(F)c(F)c(F)c2F)c2c(F)c(F)c(F)c(F)c2F)c(F)c1F. The van der Waals surface area contributed by atoms with Crippen molar-refractivity contribution in [1.29, 1.82) is 0 Å². The molecule has 1 atom stereocenters. The van der Waals surface area contributed by atoms with E-state index in [-0.39, 0.29) is 5.78 Å². The van der Waals surface area contributed by atoms with Crippen LogP contribution in [0.15, 0.2) is 54.9 Å². The molecule has 0 N–H and O–H groups in total. The van der Waals surface area contributed by atoms with Gasteiger partial charge >= 0.3 is 0 Å². The van der Waals surface area contributed by atoms with Crippen molar-refractivity contribution in [3.63, 3.8) is 0 Å². The van der Waals surface area contributed by atoms with Crippen LogP contribution < -0.4 is 26.4 Å². The number of Topliss-reactive ketones (excluding diaryl/α,β-unsaturated/α-hetero) is 1. The van der Waals surface area contributed by atoms with Crippen molar-refractivity contribution < 1.29 is 97.2 Å². The number of carbonyl (C=O) groups is 1. The Bertz CT molecular complexity index is 2440. The maximum Gasteiger partial charge on any atom is 0.227 e. The molecule has 0 aliphatic rings. The number of aromatic nitrogens is 1. The van der Waals surface area contributed by atoms with Crippen LogP contribution in [0.5, 0.6) is 0 Å². The molecule has 1 aromatic heterocycles. The second kappa shape index (κ2) is 18.4. The molecule has 0 aliphatic heterocycles. The van der Waals surface area contributed by atoms with Crippen molar-refractivity contribution >= 4 is 33.8 Å². The van der Waals surface area contributed by atoms with Crippen LogP contribution in [-0.4, -0.2) is 11.9 Å². The largest absolute Gasteiger partial charge is 0.287 e. The molecule has 0 bridgehead atoms. The van der Waals surface area contributed by atoms with Gasteiger partial charge in [0.2, 0.25) is 12.3 Å². The Kier molecular flexibility index (Phi) is 13.9. The summed E-state index contributed by atoms with van der Waals surface area (Å²) >= 11 is 0. The summed E-state index contributed by atoms with van der Waals surface area (Å²) in [6, 6.07) is 13.6. The average Bonchev–Trinajstić information content (AvgIpc) is 3.29. The summed E-state index contributed by atoms with van der Waals surface area (Å²) in [5.41, 5.74) is -12.2. The van der Waals surface area contributed by atoms with Crippen LogP contribution in [0, 0.1) is 116 Å². The van der Waals surface area contributed by atoms with Gasteiger partial charge in [0.05, 0.1) is 0 Å². The molecule has 23 heteroatoms. The lowest BCUT2D eigenvalue weighted by atomic mass is 9.12. The van der Waals surface area contributed by atoms with E-state index in [1.165, 1.54) is 5.56 Å². The summed E-state index contributed by atoms with van der Waals surface area (Å²) < 4.78 is 296. The first-order valence-electron chi connectivity index (χ1n) is 17.7. The quantitative estimate of drug-likeness (QED) is 0.0354. The molecule has 0 amide bonds. The van der Waals surface area contributed by atoms with Crippen LogP contribution in [0.25, 0.3) is 0 Å². The van der Waals surface area contributed by atoms with E-state index in [4.69, 9.17) is 0 Å². The first kappa shape index (κ1) is 48.6. The van der Waals surface area contributed by atoms with Crippen molar-refractivity contribution in [2.45, 2.75) is 32.7 Å². The molecule has 0 radical (unpaired) electrons. The summed E-state index contributed by atoms with van der Waals surface area (Å²) in [6.45, 7) is 4.80. The highest BCUT2D eigenvalue weighted by molar-refractivity contribution is 7.20. The molecular weight excluding hydrogens is 913 g/mol. The third kappa shape index (κ3) is 7.81. The Labute approximate surface area is 345 Å². The molecule has 1 unspecified atom stereocenters. The number of halogens is 20. The molecule has 0 saturated heterocycles. The second-order valence-corrected chi connectivity index (χ2v) is 13.7. The summed E-state index contributed by atoms with van der Waals surface area (Å²) in [6.07, 6.45) is -2.11. The van der Waals surface area contributed by atoms with E-state index in [1.54, 1.807) is 0 Å². The van der Waals surface area contributed by atoms with Crippen LogP contribution >= 0.6 is 0 Å². The number of rotatable bonds is 9. The number of nitrogens with zero attached hydrogens (tertiary/aromatic N) is 1. The first-order valence-corrected chi connectivity index (χ1v) is 17.7. The van der Waals surface area contributed by atoms with Gasteiger partial charge in [-0.2, -0.15) is 4.57 Å². The van der Waals surface area contributed by atoms with Gasteiger partial charge in [-0.05, 0) is 17.9 Å². The lowest BCUT2D eigenvalue weighted by Crippen LogP contribution is -2.81. The van der Waals surface area contributed by atoms with Crippen LogP contribution in [0.1, 0.15) is 42.1 Å². The van der Waals surface area contributed by atoms with E-state index in [0.29, 0.717) is 12.5 Å². The Morgan fingerprint density at radius 1 is 0.422 bits per heavy atom. The Morgan fingerprint density at radius 2 is 0.672 bits per heavy atom. The molecule has 0 aliphatic carbocycles. The molecule has 0 fully saturated rings. The van der Waals surface area contributed by atoms with E-state index < -0.39 is 144 Å². The van der Waals surface area contributed by atoms with E-state index >= 15 is 35.1 Å². The second-order valence-electron chi connectivity index (χ2n) is 13.7. The third-order valence-electron chi connectivity index (χ3n) is 10.2. The molecular formula is C41H20BF20NO. The number of carbonyl (C=O) groups excluding carboxylic acids is 1. The smallest absolute Gasteiger partial charge is 0.227 e. The number of benzene rings is 5. The van der Waals surface area contributed by atoms with Gasteiger partial charge < -0.3 is 0 Å². The molecule has 6 aromatic rings. The zero-order chi connectivity index (χ0) is 48.0. The van der Waals surface area contributed by atoms with Crippen LogP contribution in [0.3, 0.4) is 0 Å². The maximum absolute atomic E-state index is 15.4. The van der Waals surface area contributed by atoms with Crippen LogP contribution in [-0.2, 0) is 6.54 Å². The van der Waals surface area contributed by atoms with Gasteiger partial charge in [0.15, 0.2) is 82.2 Å². The zero-order valence-corrected chi connectivity index (χ0v) is 31.7. The van der Waals surface area contributed by atoms with E-state index in [9.17, 15) is 57.5 Å². The Balaban J connectivity index is 0.000000337. The highest BCUT2D eigenvalue weighted by Gasteiger charge is 2.52. The Morgan fingerprint density at radius 3 is 0.922 bits per heavy atom. The molecule has 64 heavy (non-hydrogen) atoms. The highest BCUT2D eigenvalue weighted by Crippen LogP contribution is 2.31. The molecule has 2 nitrogen and oxygen atoms in total. The van der Waals surface area contributed by atoms with E-state index in [0.717, 1.165) is 12.0 Å². The van der Waals surface area contributed by atoms with Gasteiger partial charge in [0.1, 0.15) is 52.7 Å². The lowest BCUT2D eigenvalue weighted by Gasteiger charge is -2.44. The fraction of sp³-hybridized carbons (Fsp3) is 0.122. The monoisotopic (exact) mass is 933 g/mol. The molecule has 1 heterocycles. The van der Waals surface area contributed by atoms with Gasteiger partial charge in [-0.3, -0.25) is 4.79 Å². The van der Waals surface area contributed by atoms with Crippen molar-refractivity contribution in [3.8, 4) is 0 Å². The van der Waals surface area contributed by atoms with Crippen molar-refractivity contribution in [1.82, 2.24) is 0 Å². The Hall–Kier alpha value is -6.42. The lowest BCUT2D eigenvalue weighted by molar-refractivity contribution is -0.683. The predicted molar refractivity (Wildman–Crippen MR) is 185 cm³/mol. The third-order valence-corrected chi connectivity index (χ3v) is 10.2. The minimum absolute atomic E-state index is 0.141. The minimum Gasteiger partial charge on any atom is -0.287 e. The first-order chi connectivity index (χ1) is 29.9. The van der Waals surface area contributed by atoms with Crippen LogP contribution in [0.4, 0.5) is 87.8 Å². The topological polar surface area (TPSA) is 20.9 Å². The van der Waals surface area contributed by atoms with E-state index in [2.05, 4.69) is 26.0 Å².